The molecule has 344 valence electrons. The lowest BCUT2D eigenvalue weighted by molar-refractivity contribution is -0.136. The first-order valence-electron chi connectivity index (χ1n) is 22.5. The molecule has 2 aliphatic heterocycles. The molecule has 8 rings (SSSR count). The summed E-state index contributed by atoms with van der Waals surface area (Å²) in [6.45, 7) is 7.52. The Bertz CT molecular complexity index is 2450. The number of nitrogens with zero attached hydrogens (tertiary/aromatic N) is 7. The second-order valence-electron chi connectivity index (χ2n) is 17.3. The Morgan fingerprint density at radius 2 is 1.59 bits per heavy atom. The van der Waals surface area contributed by atoms with Crippen molar-refractivity contribution in [2.75, 3.05) is 71.0 Å². The summed E-state index contributed by atoms with van der Waals surface area (Å²) in [5.74, 6) is -0.583. The monoisotopic (exact) mass is 889 g/mol. The molecule has 5 aromatic rings. The minimum atomic E-state index is -4.27. The molecular formula is C46H58F3N9O6. The number of alkyl halides is 3. The average Bonchev–Trinajstić information content (AvgIpc) is 3.77. The summed E-state index contributed by atoms with van der Waals surface area (Å²) in [5, 5.41) is 16.0. The molecule has 1 saturated carbocycles. The van der Waals surface area contributed by atoms with E-state index in [-0.39, 0.29) is 42.7 Å². The highest BCUT2D eigenvalue weighted by atomic mass is 19.4. The number of imide groups is 1. The molecule has 3 N–H and O–H groups in total. The Morgan fingerprint density at radius 3 is 2.33 bits per heavy atom. The van der Waals surface area contributed by atoms with Gasteiger partial charge in [-0.3, -0.25) is 33.8 Å². The number of rotatable bonds is 18. The van der Waals surface area contributed by atoms with Crippen molar-refractivity contribution < 1.29 is 37.3 Å². The third-order valence-electron chi connectivity index (χ3n) is 12.8. The number of hydrogen-bond acceptors (Lipinski definition) is 11. The number of imidazole rings is 1. The van der Waals surface area contributed by atoms with Gasteiger partial charge in [0.1, 0.15) is 11.7 Å². The maximum absolute atomic E-state index is 13.0. The largest absolute Gasteiger partial charge is 0.393 e. The van der Waals surface area contributed by atoms with Gasteiger partial charge in [-0.15, -0.1) is 0 Å². The summed E-state index contributed by atoms with van der Waals surface area (Å²) < 4.78 is 55.2. The molecule has 2 amide bonds. The van der Waals surface area contributed by atoms with Crippen LogP contribution in [0.1, 0.15) is 74.6 Å². The summed E-state index contributed by atoms with van der Waals surface area (Å²) >= 11 is 0. The summed E-state index contributed by atoms with van der Waals surface area (Å²) in [4.78, 5) is 51.1. The molecule has 0 spiro atoms. The van der Waals surface area contributed by atoms with Crippen molar-refractivity contribution in [1.82, 2.24) is 38.8 Å². The van der Waals surface area contributed by atoms with E-state index in [2.05, 4.69) is 65.4 Å². The number of aliphatic hydroxyl groups excluding tert-OH is 1. The summed E-state index contributed by atoms with van der Waals surface area (Å²) in [6.07, 6.45) is 3.32. The third kappa shape index (κ3) is 11.0. The number of halogens is 3. The fraction of sp³-hybridized carbons (Fsp3) is 0.543. The number of aromatic nitrogens is 5. The van der Waals surface area contributed by atoms with Crippen LogP contribution < -0.4 is 16.3 Å². The quantitative estimate of drug-likeness (QED) is 0.0769. The zero-order chi connectivity index (χ0) is 44.8. The summed E-state index contributed by atoms with van der Waals surface area (Å²) in [5.41, 5.74) is 6.12. The zero-order valence-electron chi connectivity index (χ0n) is 36.3. The van der Waals surface area contributed by atoms with E-state index < -0.39 is 24.5 Å². The van der Waals surface area contributed by atoms with Crippen LogP contribution in [0.3, 0.4) is 0 Å². The van der Waals surface area contributed by atoms with Crippen LogP contribution in [0.2, 0.25) is 0 Å². The number of nitrogens with one attached hydrogen (secondary N) is 2. The number of fused-ring (bicyclic) bond motifs is 2. The van der Waals surface area contributed by atoms with Gasteiger partial charge in [-0.2, -0.15) is 18.2 Å². The summed E-state index contributed by atoms with van der Waals surface area (Å²) in [6, 6.07) is 13.8. The predicted octanol–water partition coefficient (Wildman–Crippen LogP) is 5.35. The number of ether oxygens (including phenoxy) is 2. The highest BCUT2D eigenvalue weighted by Crippen LogP contribution is 2.37. The van der Waals surface area contributed by atoms with Crippen LogP contribution in [0, 0.1) is 0 Å². The molecule has 0 unspecified atom stereocenters. The highest BCUT2D eigenvalue weighted by molar-refractivity contribution is 6.00. The number of carbonyl (C=O) groups excluding carboxylic acids is 2. The normalized spacial score (nSPS) is 20.4. The Balaban J connectivity index is 0.736. The molecule has 3 fully saturated rings. The van der Waals surface area contributed by atoms with Crippen LogP contribution >= 0.6 is 0 Å². The maximum atomic E-state index is 13.0. The minimum absolute atomic E-state index is 0.130. The van der Waals surface area contributed by atoms with Gasteiger partial charge in [0.2, 0.25) is 17.8 Å². The molecule has 0 bridgehead atoms. The van der Waals surface area contributed by atoms with E-state index in [4.69, 9.17) is 9.47 Å². The van der Waals surface area contributed by atoms with E-state index in [1.165, 1.54) is 10.1 Å². The molecule has 1 atom stereocenters. The number of aryl methyl sites for hydroxylation is 2. The number of hydrogen-bond donors (Lipinski definition) is 3. The predicted molar refractivity (Wildman–Crippen MR) is 236 cm³/mol. The van der Waals surface area contributed by atoms with E-state index in [0.29, 0.717) is 56.9 Å². The van der Waals surface area contributed by atoms with Crippen molar-refractivity contribution in [1.29, 1.82) is 0 Å². The number of carbonyl (C=O) groups is 2. The van der Waals surface area contributed by atoms with Crippen molar-refractivity contribution in [2.24, 2.45) is 7.05 Å². The fourth-order valence-corrected chi connectivity index (χ4v) is 9.18. The van der Waals surface area contributed by atoms with Crippen LogP contribution in [-0.4, -0.2) is 128 Å². The van der Waals surface area contributed by atoms with E-state index in [1.54, 1.807) is 17.8 Å². The van der Waals surface area contributed by atoms with Gasteiger partial charge < -0.3 is 24.5 Å². The number of piperazine rings is 1. The second-order valence-corrected chi connectivity index (χ2v) is 17.3. The van der Waals surface area contributed by atoms with Gasteiger partial charge in [0, 0.05) is 95.3 Å². The van der Waals surface area contributed by atoms with Crippen molar-refractivity contribution in [3.05, 3.63) is 76.5 Å². The van der Waals surface area contributed by atoms with Gasteiger partial charge in [-0.1, -0.05) is 30.3 Å². The number of piperidine rings is 1. The fourth-order valence-electron chi connectivity index (χ4n) is 9.18. The van der Waals surface area contributed by atoms with E-state index in [9.17, 15) is 32.7 Å². The molecule has 3 aromatic heterocycles. The lowest BCUT2D eigenvalue weighted by Crippen LogP contribution is -2.46. The van der Waals surface area contributed by atoms with E-state index >= 15 is 0 Å². The van der Waals surface area contributed by atoms with Crippen molar-refractivity contribution in [3.63, 3.8) is 0 Å². The van der Waals surface area contributed by atoms with Gasteiger partial charge in [0.25, 0.3) is 0 Å². The molecule has 0 radical (unpaired) electrons. The third-order valence-corrected chi connectivity index (χ3v) is 12.8. The van der Waals surface area contributed by atoms with Crippen molar-refractivity contribution in [2.45, 2.75) is 88.7 Å². The Morgan fingerprint density at radius 1 is 0.875 bits per heavy atom. The number of amides is 2. The topological polar surface area (TPSA) is 161 Å². The molecule has 2 aromatic carbocycles. The average molecular weight is 890 g/mol. The maximum Gasteiger partial charge on any atom is 0.390 e. The minimum Gasteiger partial charge on any atom is -0.393 e. The van der Waals surface area contributed by atoms with Crippen LogP contribution in [0.5, 0.6) is 0 Å². The first-order chi connectivity index (χ1) is 30.9. The standard InChI is InChI=1S/C46H58F3N9O6/c1-54-40-27-31(6-13-38(40)58(45(54)62)39-14-15-41(60)52-43(39)61)3-2-23-63-25-26-64-24-22-55-18-20-56(21-19-55)29-32-4-7-33(8-5-32)37-30-57(34-9-11-35(59)12-10-34)42-36(37)28-51-44(53-42)50-17-16-46(47,48)49/h4-8,13,27-28,30,34-35,39,59H,2-3,9-12,14-26,29H2,1H3,(H,50,51,53)(H,52,60,61)/t34?,35?,39-/m0/s1. The Labute approximate surface area is 369 Å². The van der Waals surface area contributed by atoms with Crippen molar-refractivity contribution in [3.8, 4) is 11.1 Å². The summed E-state index contributed by atoms with van der Waals surface area (Å²) in [7, 11) is 1.70. The first-order valence-corrected chi connectivity index (χ1v) is 22.5. The van der Waals surface area contributed by atoms with Gasteiger partial charge >= 0.3 is 11.9 Å². The van der Waals surface area contributed by atoms with Gasteiger partial charge in [0.15, 0.2) is 0 Å². The van der Waals surface area contributed by atoms with E-state index in [1.807, 2.05) is 18.2 Å². The lowest BCUT2D eigenvalue weighted by Gasteiger charge is -2.34. The zero-order valence-corrected chi connectivity index (χ0v) is 36.3. The molecule has 15 nitrogen and oxygen atoms in total. The van der Waals surface area contributed by atoms with Crippen LogP contribution in [0.25, 0.3) is 33.2 Å². The van der Waals surface area contributed by atoms with Crippen LogP contribution in [-0.2, 0) is 39.1 Å². The van der Waals surface area contributed by atoms with Gasteiger partial charge in [-0.25, -0.2) is 9.78 Å². The number of aliphatic hydroxyl groups is 1. The van der Waals surface area contributed by atoms with Gasteiger partial charge in [0.05, 0.1) is 43.4 Å². The Kier molecular flexibility index (Phi) is 14.5. The van der Waals surface area contributed by atoms with Gasteiger partial charge in [-0.05, 0) is 73.8 Å². The first kappa shape index (κ1) is 45.4. The molecular weight excluding hydrogens is 832 g/mol. The van der Waals surface area contributed by atoms with Crippen LogP contribution in [0.4, 0.5) is 19.1 Å². The van der Waals surface area contributed by atoms with Crippen molar-refractivity contribution >= 4 is 39.8 Å². The van der Waals surface area contributed by atoms with Crippen LogP contribution in [0.15, 0.2) is 59.7 Å². The molecule has 5 heterocycles. The molecule has 2 saturated heterocycles. The number of anilines is 1. The SMILES string of the molecule is Cn1c(=O)n([C@H]2CCC(=O)NC2=O)c2ccc(CCCOCCOCCN3CCN(Cc4ccc(-c5cn(C6CCC(O)CC6)c6nc(NCCC(F)(F)F)ncc56)cc4)CC3)cc21. The Hall–Kier alpha value is -5.14. The molecule has 18 heteroatoms. The smallest absolute Gasteiger partial charge is 0.390 e. The highest BCUT2D eigenvalue weighted by Gasteiger charge is 2.32. The lowest BCUT2D eigenvalue weighted by atomic mass is 9.93. The molecule has 1 aliphatic carbocycles. The van der Waals surface area contributed by atoms with E-state index in [0.717, 1.165) is 92.5 Å². The number of benzene rings is 2. The second kappa shape index (κ2) is 20.4. The molecule has 3 aliphatic rings. The molecule has 64 heavy (non-hydrogen) atoms.